The van der Waals surface area contributed by atoms with Gasteiger partial charge in [-0.2, -0.15) is 0 Å². The molecule has 8 heteroatoms. The summed E-state index contributed by atoms with van der Waals surface area (Å²) in [4.78, 5) is 18.2. The van der Waals surface area contributed by atoms with Gasteiger partial charge in [0, 0.05) is 6.07 Å². The van der Waals surface area contributed by atoms with Gasteiger partial charge >= 0.3 is 11.9 Å². The van der Waals surface area contributed by atoms with Gasteiger partial charge in [-0.05, 0) is 43.7 Å². The number of unbranched alkanes of at least 4 members (excludes halogenated alkanes) is 1. The van der Waals surface area contributed by atoms with Crippen molar-refractivity contribution in [1.29, 1.82) is 0 Å². The summed E-state index contributed by atoms with van der Waals surface area (Å²) in [6.45, 7) is 2.46. The Morgan fingerprint density at radius 1 is 1.08 bits per heavy atom. The Kier molecular flexibility index (Phi) is 10.0. The molecule has 0 unspecified atom stereocenters. The van der Waals surface area contributed by atoms with E-state index in [1.165, 1.54) is 0 Å². The quantitative estimate of drug-likeness (QED) is 0.458. The second-order valence-electron chi connectivity index (χ2n) is 5.10. The molecule has 1 aromatic carbocycles. The average molecular weight is 365 g/mol. The molecule has 0 bridgehead atoms. The van der Waals surface area contributed by atoms with Gasteiger partial charge in [0.1, 0.15) is 17.3 Å². The number of ether oxygens (including phenoxy) is 2. The fraction of sp³-hybridized carbons (Fsp3) is 0.333. The molecule has 0 aliphatic rings. The standard InChI is InChI=1S/C16H21NO3.C2H2O4/c1-18-14-6-4-7-15(12-14)19-10-3-2-9-17-13-16-8-5-11-20-16;3-1(4)2(5)6/h4-8,11-12,17H,2-3,9-10,13H2,1H3;(H,3,4)(H,5,6). The Bertz CT molecular complexity index is 643. The van der Waals surface area contributed by atoms with Gasteiger partial charge in [-0.15, -0.1) is 0 Å². The van der Waals surface area contributed by atoms with Crippen LogP contribution in [0.15, 0.2) is 47.1 Å². The summed E-state index contributed by atoms with van der Waals surface area (Å²) in [6, 6.07) is 11.6. The fourth-order valence-electron chi connectivity index (χ4n) is 1.86. The van der Waals surface area contributed by atoms with E-state index in [4.69, 9.17) is 33.7 Å². The highest BCUT2D eigenvalue weighted by atomic mass is 16.5. The summed E-state index contributed by atoms with van der Waals surface area (Å²) in [6.07, 6.45) is 3.78. The molecule has 0 spiro atoms. The van der Waals surface area contributed by atoms with E-state index in [1.54, 1.807) is 13.4 Å². The Morgan fingerprint density at radius 3 is 2.42 bits per heavy atom. The Morgan fingerprint density at radius 2 is 1.81 bits per heavy atom. The molecule has 0 aliphatic heterocycles. The molecule has 0 fully saturated rings. The molecule has 0 saturated carbocycles. The highest BCUT2D eigenvalue weighted by Crippen LogP contribution is 2.18. The minimum atomic E-state index is -1.82. The second kappa shape index (κ2) is 12.4. The first-order valence-corrected chi connectivity index (χ1v) is 7.99. The number of aliphatic carboxylic acids is 2. The van der Waals surface area contributed by atoms with Crippen LogP contribution in [0.2, 0.25) is 0 Å². The lowest BCUT2D eigenvalue weighted by Crippen LogP contribution is -2.15. The molecule has 3 N–H and O–H groups in total. The summed E-state index contributed by atoms with van der Waals surface area (Å²) < 4.78 is 16.1. The Balaban J connectivity index is 0.000000487. The van der Waals surface area contributed by atoms with Gasteiger partial charge in [-0.3, -0.25) is 0 Å². The van der Waals surface area contributed by atoms with E-state index in [0.29, 0.717) is 0 Å². The second-order valence-corrected chi connectivity index (χ2v) is 5.10. The van der Waals surface area contributed by atoms with Crippen molar-refractivity contribution in [2.45, 2.75) is 19.4 Å². The average Bonchev–Trinajstić information content (AvgIpc) is 3.15. The van der Waals surface area contributed by atoms with Crippen molar-refractivity contribution in [3.63, 3.8) is 0 Å². The van der Waals surface area contributed by atoms with E-state index in [9.17, 15) is 0 Å². The van der Waals surface area contributed by atoms with Gasteiger partial charge in [0.15, 0.2) is 0 Å². The van der Waals surface area contributed by atoms with E-state index >= 15 is 0 Å². The number of benzene rings is 1. The summed E-state index contributed by atoms with van der Waals surface area (Å²) >= 11 is 0. The molecule has 1 aromatic heterocycles. The van der Waals surface area contributed by atoms with Gasteiger partial charge in [0.2, 0.25) is 0 Å². The van der Waals surface area contributed by atoms with Gasteiger partial charge in [0.05, 0.1) is 26.5 Å². The minimum absolute atomic E-state index is 0.718. The summed E-state index contributed by atoms with van der Waals surface area (Å²) in [5.74, 6) is -1.00. The predicted molar refractivity (Wildman–Crippen MR) is 93.4 cm³/mol. The molecular formula is C18H23NO7. The molecule has 1 heterocycles. The lowest BCUT2D eigenvalue weighted by molar-refractivity contribution is -0.159. The van der Waals surface area contributed by atoms with E-state index in [0.717, 1.165) is 49.8 Å². The van der Waals surface area contributed by atoms with Gasteiger partial charge in [-0.25, -0.2) is 9.59 Å². The zero-order valence-corrected chi connectivity index (χ0v) is 14.5. The topological polar surface area (TPSA) is 118 Å². The van der Waals surface area contributed by atoms with E-state index < -0.39 is 11.9 Å². The van der Waals surface area contributed by atoms with Crippen LogP contribution in [0, 0.1) is 0 Å². The third-order valence-corrected chi connectivity index (χ3v) is 3.12. The lowest BCUT2D eigenvalue weighted by atomic mass is 10.3. The third-order valence-electron chi connectivity index (χ3n) is 3.12. The Hall–Kier alpha value is -3.00. The van der Waals surface area contributed by atoms with Crippen LogP contribution in [0.5, 0.6) is 11.5 Å². The maximum atomic E-state index is 9.10. The molecule has 2 aromatic rings. The van der Waals surface area contributed by atoms with Crippen LogP contribution in [0.3, 0.4) is 0 Å². The molecule has 2 rings (SSSR count). The molecule has 0 saturated heterocycles. The highest BCUT2D eigenvalue weighted by molar-refractivity contribution is 6.27. The number of furan rings is 1. The van der Waals surface area contributed by atoms with Gasteiger partial charge in [0.25, 0.3) is 0 Å². The zero-order chi connectivity index (χ0) is 19.2. The van der Waals surface area contributed by atoms with Crippen molar-refractivity contribution >= 4 is 11.9 Å². The monoisotopic (exact) mass is 365 g/mol. The number of hydrogen-bond acceptors (Lipinski definition) is 6. The first-order valence-electron chi connectivity index (χ1n) is 7.99. The number of carbonyl (C=O) groups is 2. The maximum absolute atomic E-state index is 9.10. The SMILES string of the molecule is COc1cccc(OCCCCNCc2ccco2)c1.O=C(O)C(=O)O. The van der Waals surface area contributed by atoms with Crippen LogP contribution in [0.4, 0.5) is 0 Å². The molecule has 0 amide bonds. The van der Waals surface area contributed by atoms with E-state index in [2.05, 4.69) is 5.32 Å². The normalized spacial score (nSPS) is 9.73. The van der Waals surface area contributed by atoms with Crippen LogP contribution in [0.1, 0.15) is 18.6 Å². The van der Waals surface area contributed by atoms with Crippen LogP contribution in [0.25, 0.3) is 0 Å². The zero-order valence-electron chi connectivity index (χ0n) is 14.5. The Labute approximate surface area is 151 Å². The molecule has 26 heavy (non-hydrogen) atoms. The van der Waals surface area contributed by atoms with Gasteiger partial charge in [-0.1, -0.05) is 6.07 Å². The van der Waals surface area contributed by atoms with Crippen LogP contribution in [-0.2, 0) is 16.1 Å². The summed E-state index contributed by atoms with van der Waals surface area (Å²) in [5.41, 5.74) is 0. The van der Waals surface area contributed by atoms with Crippen molar-refractivity contribution in [2.75, 3.05) is 20.3 Å². The molecular weight excluding hydrogens is 342 g/mol. The van der Waals surface area contributed by atoms with Crippen molar-refractivity contribution in [3.8, 4) is 11.5 Å². The highest BCUT2D eigenvalue weighted by Gasteiger charge is 2.04. The maximum Gasteiger partial charge on any atom is 0.414 e. The lowest BCUT2D eigenvalue weighted by Gasteiger charge is -2.07. The first kappa shape index (κ1) is 21.0. The van der Waals surface area contributed by atoms with Crippen LogP contribution >= 0.6 is 0 Å². The summed E-state index contributed by atoms with van der Waals surface area (Å²) in [5, 5.41) is 18.1. The molecule has 0 radical (unpaired) electrons. The third kappa shape index (κ3) is 9.33. The fourth-order valence-corrected chi connectivity index (χ4v) is 1.86. The largest absolute Gasteiger partial charge is 0.497 e. The molecule has 8 nitrogen and oxygen atoms in total. The van der Waals surface area contributed by atoms with Gasteiger partial charge < -0.3 is 29.4 Å². The van der Waals surface area contributed by atoms with Crippen LogP contribution in [-0.4, -0.2) is 42.4 Å². The smallest absolute Gasteiger partial charge is 0.414 e. The molecule has 0 atom stereocenters. The van der Waals surface area contributed by atoms with Crippen molar-refractivity contribution < 1.29 is 33.7 Å². The number of carboxylic acid groups (broad SMARTS) is 2. The van der Waals surface area contributed by atoms with Crippen LogP contribution < -0.4 is 14.8 Å². The van der Waals surface area contributed by atoms with Crippen molar-refractivity contribution in [3.05, 3.63) is 48.4 Å². The number of carboxylic acids is 2. The number of hydrogen-bond donors (Lipinski definition) is 3. The van der Waals surface area contributed by atoms with Crippen molar-refractivity contribution in [2.24, 2.45) is 0 Å². The minimum Gasteiger partial charge on any atom is -0.497 e. The number of nitrogens with one attached hydrogen (secondary N) is 1. The number of rotatable bonds is 9. The first-order chi connectivity index (χ1) is 12.5. The summed E-state index contributed by atoms with van der Waals surface area (Å²) in [7, 11) is 1.66. The van der Waals surface area contributed by atoms with Crippen molar-refractivity contribution in [1.82, 2.24) is 5.32 Å². The van der Waals surface area contributed by atoms with E-state index in [-0.39, 0.29) is 0 Å². The van der Waals surface area contributed by atoms with E-state index in [1.807, 2.05) is 36.4 Å². The number of methoxy groups -OCH3 is 1. The molecule has 142 valence electrons. The molecule has 0 aliphatic carbocycles. The predicted octanol–water partition coefficient (Wildman–Crippen LogP) is 2.39.